The molecule has 2 aromatic heterocycles. The Hall–Kier alpha value is -3.14. The van der Waals surface area contributed by atoms with E-state index in [2.05, 4.69) is 6.07 Å². The van der Waals surface area contributed by atoms with Crippen LogP contribution in [-0.2, 0) is 7.05 Å². The number of fused-ring (bicyclic) bond motifs is 2. The highest BCUT2D eigenvalue weighted by atomic mass is 16.1. The summed E-state index contributed by atoms with van der Waals surface area (Å²) >= 11 is 0. The molecular weight excluding hydrogens is 348 g/mol. The average Bonchev–Trinajstić information content (AvgIpc) is 2.65. The van der Waals surface area contributed by atoms with Crippen LogP contribution in [0, 0.1) is 6.92 Å². The standard InChI is InChI=1S/C24H22N2O2/c1-15-11-12-19-18(13-15)23(27)22-21(25(19)2)14-20(16-7-6-8-16)26(24(22)28)17-9-4-3-5-10-17/h3-5,9-14,16H,6-8H2,1-2H3. The molecule has 5 rings (SSSR count). The van der Waals surface area contributed by atoms with Gasteiger partial charge in [0, 0.05) is 23.8 Å². The predicted octanol–water partition coefficient (Wildman–Crippen LogP) is 4.42. The first-order chi connectivity index (χ1) is 13.6. The van der Waals surface area contributed by atoms with Crippen molar-refractivity contribution in [3.63, 3.8) is 0 Å². The van der Waals surface area contributed by atoms with Gasteiger partial charge in [0.1, 0.15) is 5.39 Å². The second-order valence-corrected chi connectivity index (χ2v) is 7.84. The summed E-state index contributed by atoms with van der Waals surface area (Å²) < 4.78 is 3.75. The Morgan fingerprint density at radius 2 is 1.68 bits per heavy atom. The number of aromatic nitrogens is 2. The number of aryl methyl sites for hydroxylation is 2. The Morgan fingerprint density at radius 3 is 2.36 bits per heavy atom. The zero-order chi connectivity index (χ0) is 19.4. The maximum Gasteiger partial charge on any atom is 0.268 e. The lowest BCUT2D eigenvalue weighted by Gasteiger charge is -2.29. The third kappa shape index (κ3) is 2.37. The Morgan fingerprint density at radius 1 is 0.929 bits per heavy atom. The summed E-state index contributed by atoms with van der Waals surface area (Å²) in [5.41, 5.74) is 4.04. The van der Waals surface area contributed by atoms with Crippen LogP contribution in [0.3, 0.4) is 0 Å². The van der Waals surface area contributed by atoms with Gasteiger partial charge in [0.15, 0.2) is 0 Å². The van der Waals surface area contributed by atoms with Crippen molar-refractivity contribution < 1.29 is 0 Å². The van der Waals surface area contributed by atoms with Gasteiger partial charge in [-0.1, -0.05) is 36.2 Å². The molecule has 0 radical (unpaired) electrons. The summed E-state index contributed by atoms with van der Waals surface area (Å²) in [4.78, 5) is 27.0. The first kappa shape index (κ1) is 17.0. The van der Waals surface area contributed by atoms with Crippen molar-refractivity contribution in [2.45, 2.75) is 32.1 Å². The molecular formula is C24H22N2O2. The Balaban J connectivity index is 1.98. The largest absolute Gasteiger partial charge is 0.343 e. The second kappa shape index (κ2) is 6.20. The highest BCUT2D eigenvalue weighted by Crippen LogP contribution is 2.37. The van der Waals surface area contributed by atoms with E-state index in [1.54, 1.807) is 4.57 Å². The van der Waals surface area contributed by atoms with Gasteiger partial charge in [-0.3, -0.25) is 14.2 Å². The van der Waals surface area contributed by atoms with Crippen molar-refractivity contribution >= 4 is 21.8 Å². The monoisotopic (exact) mass is 370 g/mol. The van der Waals surface area contributed by atoms with Crippen molar-refractivity contribution in [3.8, 4) is 5.69 Å². The fourth-order valence-electron chi connectivity index (χ4n) is 4.33. The third-order valence-corrected chi connectivity index (χ3v) is 6.10. The number of para-hydroxylation sites is 1. The molecule has 0 aliphatic heterocycles. The second-order valence-electron chi connectivity index (χ2n) is 7.84. The number of rotatable bonds is 2. The molecule has 1 aliphatic carbocycles. The molecule has 0 saturated heterocycles. The van der Waals surface area contributed by atoms with E-state index >= 15 is 0 Å². The first-order valence-electron chi connectivity index (χ1n) is 9.80. The summed E-state index contributed by atoms with van der Waals surface area (Å²) in [6, 6.07) is 17.6. The summed E-state index contributed by atoms with van der Waals surface area (Å²) in [7, 11) is 1.94. The SMILES string of the molecule is Cc1ccc2c(c1)c(=O)c1c(=O)n(-c3ccccc3)c(C3CCC3)cc1n2C. The Kier molecular flexibility index (Phi) is 3.76. The number of hydrogen-bond donors (Lipinski definition) is 0. The van der Waals surface area contributed by atoms with E-state index in [1.165, 1.54) is 6.42 Å². The zero-order valence-electron chi connectivity index (χ0n) is 16.1. The van der Waals surface area contributed by atoms with Crippen molar-refractivity contribution in [1.29, 1.82) is 0 Å². The highest BCUT2D eigenvalue weighted by Gasteiger charge is 2.26. The predicted molar refractivity (Wildman–Crippen MR) is 114 cm³/mol. The summed E-state index contributed by atoms with van der Waals surface area (Å²) in [6.07, 6.45) is 3.35. The van der Waals surface area contributed by atoms with E-state index in [9.17, 15) is 9.59 Å². The number of nitrogens with zero attached hydrogens (tertiary/aromatic N) is 2. The van der Waals surface area contributed by atoms with Crippen molar-refractivity contribution in [2.24, 2.45) is 7.05 Å². The van der Waals surface area contributed by atoms with Crippen molar-refractivity contribution in [3.05, 3.63) is 86.4 Å². The minimum Gasteiger partial charge on any atom is -0.343 e. The van der Waals surface area contributed by atoms with Crippen LogP contribution < -0.4 is 11.0 Å². The van der Waals surface area contributed by atoms with Gasteiger partial charge >= 0.3 is 0 Å². The van der Waals surface area contributed by atoms with E-state index in [0.717, 1.165) is 40.8 Å². The van der Waals surface area contributed by atoms with Crippen LogP contribution in [0.1, 0.15) is 36.4 Å². The normalized spacial score (nSPS) is 14.5. The number of benzene rings is 2. The molecule has 28 heavy (non-hydrogen) atoms. The smallest absolute Gasteiger partial charge is 0.268 e. The molecule has 4 heteroatoms. The fourth-order valence-corrected chi connectivity index (χ4v) is 4.33. The fraction of sp³-hybridized carbons (Fsp3) is 0.250. The molecule has 0 amide bonds. The van der Waals surface area contributed by atoms with Gasteiger partial charge in [-0.25, -0.2) is 0 Å². The molecule has 2 aromatic carbocycles. The summed E-state index contributed by atoms with van der Waals surface area (Å²) in [6.45, 7) is 1.96. The molecule has 0 atom stereocenters. The van der Waals surface area contributed by atoms with Crippen LogP contribution in [0.5, 0.6) is 0 Å². The lowest BCUT2D eigenvalue weighted by molar-refractivity contribution is 0.404. The quantitative estimate of drug-likeness (QED) is 0.490. The summed E-state index contributed by atoms with van der Waals surface area (Å²) in [5, 5.41) is 0.871. The molecule has 0 unspecified atom stereocenters. The lowest BCUT2D eigenvalue weighted by Crippen LogP contribution is -2.30. The van der Waals surface area contributed by atoms with Crippen LogP contribution in [0.2, 0.25) is 0 Å². The molecule has 4 aromatic rings. The van der Waals surface area contributed by atoms with Gasteiger partial charge in [0.25, 0.3) is 5.56 Å². The summed E-state index contributed by atoms with van der Waals surface area (Å²) in [5.74, 6) is 0.362. The van der Waals surface area contributed by atoms with E-state index in [0.29, 0.717) is 11.3 Å². The molecule has 4 nitrogen and oxygen atoms in total. The van der Waals surface area contributed by atoms with Gasteiger partial charge in [-0.05, 0) is 56.0 Å². The molecule has 0 bridgehead atoms. The number of pyridine rings is 2. The van der Waals surface area contributed by atoms with E-state index in [-0.39, 0.29) is 16.4 Å². The maximum atomic E-state index is 13.6. The van der Waals surface area contributed by atoms with Gasteiger partial charge in [-0.15, -0.1) is 0 Å². The van der Waals surface area contributed by atoms with E-state index < -0.39 is 0 Å². The molecule has 0 N–H and O–H groups in total. The van der Waals surface area contributed by atoms with Crippen molar-refractivity contribution in [1.82, 2.24) is 9.13 Å². The highest BCUT2D eigenvalue weighted by molar-refractivity contribution is 5.93. The van der Waals surface area contributed by atoms with Gasteiger partial charge in [0.05, 0.1) is 11.0 Å². The van der Waals surface area contributed by atoms with E-state index in [4.69, 9.17) is 0 Å². The van der Waals surface area contributed by atoms with Gasteiger partial charge in [-0.2, -0.15) is 0 Å². The van der Waals surface area contributed by atoms with Crippen LogP contribution in [0.15, 0.2) is 64.2 Å². The molecule has 2 heterocycles. The molecule has 1 saturated carbocycles. The minimum absolute atomic E-state index is 0.179. The third-order valence-electron chi connectivity index (χ3n) is 6.10. The first-order valence-corrected chi connectivity index (χ1v) is 9.80. The topological polar surface area (TPSA) is 44.0 Å². The minimum atomic E-state index is -0.213. The van der Waals surface area contributed by atoms with Crippen LogP contribution in [-0.4, -0.2) is 9.13 Å². The van der Waals surface area contributed by atoms with Crippen LogP contribution in [0.4, 0.5) is 0 Å². The Bertz CT molecular complexity index is 1340. The number of hydrogen-bond acceptors (Lipinski definition) is 2. The average molecular weight is 370 g/mol. The van der Waals surface area contributed by atoms with Gasteiger partial charge < -0.3 is 4.57 Å². The molecule has 1 fully saturated rings. The van der Waals surface area contributed by atoms with Crippen LogP contribution in [0.25, 0.3) is 27.5 Å². The molecule has 140 valence electrons. The van der Waals surface area contributed by atoms with Gasteiger partial charge in [0.2, 0.25) is 5.43 Å². The Labute approximate surface area is 162 Å². The zero-order valence-corrected chi connectivity index (χ0v) is 16.1. The molecule has 0 spiro atoms. The van der Waals surface area contributed by atoms with Crippen LogP contribution >= 0.6 is 0 Å². The lowest BCUT2D eigenvalue weighted by atomic mass is 9.82. The van der Waals surface area contributed by atoms with Crippen molar-refractivity contribution in [2.75, 3.05) is 0 Å². The molecule has 1 aliphatic rings. The van der Waals surface area contributed by atoms with E-state index in [1.807, 2.05) is 67.1 Å². The maximum absolute atomic E-state index is 13.6.